The van der Waals surface area contributed by atoms with E-state index in [4.69, 9.17) is 5.11 Å². The number of carbonyl (C=O) groups excluding carboxylic acids is 1. The summed E-state index contributed by atoms with van der Waals surface area (Å²) in [5.74, 6) is -0.0475. The zero-order valence-corrected chi connectivity index (χ0v) is 13.8. The fourth-order valence-electron chi connectivity index (χ4n) is 2.85. The number of aliphatic carboxylic acids is 1. The minimum atomic E-state index is -0.742. The van der Waals surface area contributed by atoms with Crippen molar-refractivity contribution in [1.29, 1.82) is 0 Å². The predicted octanol–water partition coefficient (Wildman–Crippen LogP) is 1.92. The lowest BCUT2D eigenvalue weighted by Crippen LogP contribution is -2.47. The Morgan fingerprint density at radius 3 is 2.24 bits per heavy atom. The van der Waals surface area contributed by atoms with Crippen molar-refractivity contribution in [3.63, 3.8) is 0 Å². The number of carboxylic acid groups (broad SMARTS) is 1. The summed E-state index contributed by atoms with van der Waals surface area (Å²) in [7, 11) is 0. The third-order valence-corrected chi connectivity index (χ3v) is 3.74. The quantitative estimate of drug-likeness (QED) is 0.780. The van der Waals surface area contributed by atoms with Crippen LogP contribution in [0.15, 0.2) is 0 Å². The van der Waals surface area contributed by atoms with Crippen molar-refractivity contribution in [3.05, 3.63) is 0 Å². The Morgan fingerprint density at radius 2 is 1.76 bits per heavy atom. The van der Waals surface area contributed by atoms with Gasteiger partial charge in [-0.1, -0.05) is 27.7 Å². The molecule has 1 fully saturated rings. The molecule has 1 heterocycles. The number of carboxylic acids is 1. The van der Waals surface area contributed by atoms with E-state index < -0.39 is 5.97 Å². The standard InChI is InChI=1S/C16H30N2O3/c1-12(2)8-18(9-13(3)4)15(19)11-17-7-5-6-14(10-17)16(20)21/h12-14H,5-11H2,1-4H3,(H,20,21). The molecule has 1 unspecified atom stereocenters. The maximum absolute atomic E-state index is 12.5. The molecule has 0 bridgehead atoms. The summed E-state index contributed by atoms with van der Waals surface area (Å²) in [5.41, 5.74) is 0. The molecule has 0 saturated carbocycles. The molecule has 1 aliphatic heterocycles. The van der Waals surface area contributed by atoms with Gasteiger partial charge >= 0.3 is 5.97 Å². The molecule has 21 heavy (non-hydrogen) atoms. The number of nitrogens with zero attached hydrogens (tertiary/aromatic N) is 2. The van der Waals surface area contributed by atoms with Crippen LogP contribution in [0.3, 0.4) is 0 Å². The van der Waals surface area contributed by atoms with Gasteiger partial charge < -0.3 is 10.0 Å². The highest BCUT2D eigenvalue weighted by Gasteiger charge is 2.27. The second-order valence-electron chi connectivity index (χ2n) is 7.00. The predicted molar refractivity (Wildman–Crippen MR) is 83.1 cm³/mol. The van der Waals surface area contributed by atoms with Gasteiger partial charge in [-0.25, -0.2) is 0 Å². The number of likely N-dealkylation sites (tertiary alicyclic amines) is 1. The van der Waals surface area contributed by atoms with Gasteiger partial charge in [-0.3, -0.25) is 14.5 Å². The highest BCUT2D eigenvalue weighted by atomic mass is 16.4. The van der Waals surface area contributed by atoms with Gasteiger partial charge in [0.2, 0.25) is 5.91 Å². The summed E-state index contributed by atoms with van der Waals surface area (Å²) in [4.78, 5) is 27.5. The van der Waals surface area contributed by atoms with Crippen molar-refractivity contribution in [2.75, 3.05) is 32.7 Å². The molecule has 0 radical (unpaired) electrons. The third kappa shape index (κ3) is 6.46. The van der Waals surface area contributed by atoms with Gasteiger partial charge in [-0.15, -0.1) is 0 Å². The first-order valence-corrected chi connectivity index (χ1v) is 8.02. The van der Waals surface area contributed by atoms with Crippen LogP contribution in [0.5, 0.6) is 0 Å². The summed E-state index contributed by atoms with van der Waals surface area (Å²) in [5, 5.41) is 9.12. The van der Waals surface area contributed by atoms with Gasteiger partial charge in [0.25, 0.3) is 0 Å². The Kier molecular flexibility index (Phi) is 7.15. The molecule has 0 spiro atoms. The van der Waals surface area contributed by atoms with Crippen LogP contribution in [0, 0.1) is 17.8 Å². The maximum atomic E-state index is 12.5. The molecule has 122 valence electrons. The van der Waals surface area contributed by atoms with Gasteiger partial charge in [0.1, 0.15) is 0 Å². The highest BCUT2D eigenvalue weighted by Crippen LogP contribution is 2.17. The SMILES string of the molecule is CC(C)CN(CC(C)C)C(=O)CN1CCCC(C(=O)O)C1. The Morgan fingerprint density at radius 1 is 1.19 bits per heavy atom. The minimum Gasteiger partial charge on any atom is -0.481 e. The molecule has 0 aromatic carbocycles. The molecule has 1 amide bonds. The van der Waals surface area contributed by atoms with E-state index in [1.54, 1.807) is 0 Å². The number of piperidine rings is 1. The van der Waals surface area contributed by atoms with Crippen molar-refractivity contribution >= 4 is 11.9 Å². The smallest absolute Gasteiger partial charge is 0.307 e. The van der Waals surface area contributed by atoms with E-state index in [1.165, 1.54) is 0 Å². The molecule has 1 saturated heterocycles. The van der Waals surface area contributed by atoms with E-state index in [-0.39, 0.29) is 11.8 Å². The van der Waals surface area contributed by atoms with E-state index in [1.807, 2.05) is 9.80 Å². The zero-order valence-electron chi connectivity index (χ0n) is 13.8. The van der Waals surface area contributed by atoms with Crippen LogP contribution in [0.25, 0.3) is 0 Å². The number of hydrogen-bond acceptors (Lipinski definition) is 3. The summed E-state index contributed by atoms with van der Waals surface area (Å²) in [6.07, 6.45) is 1.58. The number of rotatable bonds is 7. The zero-order chi connectivity index (χ0) is 16.0. The summed E-state index contributed by atoms with van der Waals surface area (Å²) >= 11 is 0. The second-order valence-corrected chi connectivity index (χ2v) is 7.00. The fraction of sp³-hybridized carbons (Fsp3) is 0.875. The van der Waals surface area contributed by atoms with Crippen LogP contribution >= 0.6 is 0 Å². The van der Waals surface area contributed by atoms with E-state index in [0.29, 0.717) is 24.9 Å². The van der Waals surface area contributed by atoms with Gasteiger partial charge in [0.05, 0.1) is 12.5 Å². The lowest BCUT2D eigenvalue weighted by Gasteiger charge is -2.33. The molecule has 5 nitrogen and oxygen atoms in total. The van der Waals surface area contributed by atoms with Crippen LogP contribution in [0.1, 0.15) is 40.5 Å². The summed E-state index contributed by atoms with van der Waals surface area (Å²) in [6.45, 7) is 11.7. The van der Waals surface area contributed by atoms with Gasteiger partial charge in [-0.2, -0.15) is 0 Å². The van der Waals surface area contributed by atoms with Gasteiger partial charge in [0, 0.05) is 19.6 Å². The Hall–Kier alpha value is -1.10. The van der Waals surface area contributed by atoms with Crippen LogP contribution in [0.4, 0.5) is 0 Å². The van der Waals surface area contributed by atoms with Crippen molar-refractivity contribution < 1.29 is 14.7 Å². The molecule has 0 aromatic heterocycles. The Labute approximate surface area is 128 Å². The molecular weight excluding hydrogens is 268 g/mol. The molecule has 0 aromatic rings. The number of hydrogen-bond donors (Lipinski definition) is 1. The number of amides is 1. The lowest BCUT2D eigenvalue weighted by atomic mass is 9.98. The van der Waals surface area contributed by atoms with E-state index in [2.05, 4.69) is 27.7 Å². The minimum absolute atomic E-state index is 0.128. The molecule has 1 aliphatic rings. The van der Waals surface area contributed by atoms with Crippen LogP contribution in [-0.2, 0) is 9.59 Å². The van der Waals surface area contributed by atoms with Crippen molar-refractivity contribution in [1.82, 2.24) is 9.80 Å². The maximum Gasteiger partial charge on any atom is 0.307 e. The largest absolute Gasteiger partial charge is 0.481 e. The molecule has 1 N–H and O–H groups in total. The lowest BCUT2D eigenvalue weighted by molar-refractivity contribution is -0.145. The van der Waals surface area contributed by atoms with Crippen LogP contribution < -0.4 is 0 Å². The molecule has 1 atom stereocenters. The van der Waals surface area contributed by atoms with Gasteiger partial charge in [0.15, 0.2) is 0 Å². The third-order valence-electron chi connectivity index (χ3n) is 3.74. The van der Waals surface area contributed by atoms with E-state index in [9.17, 15) is 9.59 Å². The normalized spacial score (nSPS) is 20.0. The number of carbonyl (C=O) groups is 2. The average Bonchev–Trinajstić information content (AvgIpc) is 2.37. The first-order valence-electron chi connectivity index (χ1n) is 8.02. The first kappa shape index (κ1) is 18.0. The monoisotopic (exact) mass is 298 g/mol. The van der Waals surface area contributed by atoms with Crippen molar-refractivity contribution in [2.45, 2.75) is 40.5 Å². The first-order chi connectivity index (χ1) is 9.79. The van der Waals surface area contributed by atoms with Crippen molar-refractivity contribution in [3.8, 4) is 0 Å². The second kappa shape index (κ2) is 8.37. The molecular formula is C16H30N2O3. The van der Waals surface area contributed by atoms with Crippen molar-refractivity contribution in [2.24, 2.45) is 17.8 Å². The van der Waals surface area contributed by atoms with E-state index in [0.717, 1.165) is 32.5 Å². The fourth-order valence-corrected chi connectivity index (χ4v) is 2.85. The highest BCUT2D eigenvalue weighted by molar-refractivity contribution is 5.78. The molecule has 1 rings (SSSR count). The van der Waals surface area contributed by atoms with E-state index >= 15 is 0 Å². The Balaban J connectivity index is 2.57. The molecule has 0 aliphatic carbocycles. The topological polar surface area (TPSA) is 60.9 Å². The molecule has 5 heteroatoms. The summed E-state index contributed by atoms with van der Waals surface area (Å²) < 4.78 is 0. The summed E-state index contributed by atoms with van der Waals surface area (Å²) in [6, 6.07) is 0. The van der Waals surface area contributed by atoms with Crippen LogP contribution in [-0.4, -0.2) is 59.5 Å². The van der Waals surface area contributed by atoms with Gasteiger partial charge in [-0.05, 0) is 31.2 Å². The average molecular weight is 298 g/mol. The Bertz CT molecular complexity index is 345. The van der Waals surface area contributed by atoms with Crippen LogP contribution in [0.2, 0.25) is 0 Å².